The Hall–Kier alpha value is -1.56. The van der Waals surface area contributed by atoms with Crippen molar-refractivity contribution in [3.05, 3.63) is 26.9 Å². The number of nitrogens with two attached hydrogens (primary N) is 1. The molecule has 0 atom stereocenters. The molecule has 1 aliphatic carbocycles. The maximum Gasteiger partial charge on any atom is 0.332 e. The first-order valence-corrected chi connectivity index (χ1v) is 5.87. The van der Waals surface area contributed by atoms with Gasteiger partial charge in [-0.05, 0) is 32.6 Å². The maximum atomic E-state index is 12.2. The zero-order chi connectivity index (χ0) is 12.6. The number of nitrogens with zero attached hydrogens (tertiary/aromatic N) is 2. The quantitative estimate of drug-likeness (QED) is 0.583. The third-order valence-electron chi connectivity index (χ3n) is 3.03. The largest absolute Gasteiger partial charge is 0.332 e. The highest BCUT2D eigenvalue weighted by atomic mass is 16.2. The lowest BCUT2D eigenvalue weighted by molar-refractivity contribution is 0.491. The second-order valence-corrected chi connectivity index (χ2v) is 4.81. The van der Waals surface area contributed by atoms with Crippen molar-refractivity contribution in [2.24, 2.45) is 11.8 Å². The van der Waals surface area contributed by atoms with E-state index in [1.54, 1.807) is 4.57 Å². The van der Waals surface area contributed by atoms with Gasteiger partial charge in [0.2, 0.25) is 0 Å². The van der Waals surface area contributed by atoms with E-state index in [4.69, 9.17) is 5.84 Å². The van der Waals surface area contributed by atoms with Gasteiger partial charge in [0, 0.05) is 18.7 Å². The van der Waals surface area contributed by atoms with E-state index in [1.165, 1.54) is 10.6 Å². The lowest BCUT2D eigenvalue weighted by atomic mass is 10.3. The molecule has 1 fully saturated rings. The molecule has 1 aromatic heterocycles. The zero-order valence-electron chi connectivity index (χ0n) is 10.1. The van der Waals surface area contributed by atoms with Crippen LogP contribution in [0.4, 0.5) is 5.82 Å². The lowest BCUT2D eigenvalue weighted by Gasteiger charge is -2.16. The highest BCUT2D eigenvalue weighted by molar-refractivity contribution is 5.32. The van der Waals surface area contributed by atoms with Crippen molar-refractivity contribution in [1.82, 2.24) is 9.13 Å². The lowest BCUT2D eigenvalue weighted by Crippen LogP contribution is -2.42. The van der Waals surface area contributed by atoms with E-state index in [1.807, 2.05) is 13.8 Å². The van der Waals surface area contributed by atoms with E-state index in [-0.39, 0.29) is 17.3 Å². The van der Waals surface area contributed by atoms with Crippen LogP contribution in [0.3, 0.4) is 0 Å². The summed E-state index contributed by atoms with van der Waals surface area (Å²) in [5.74, 6) is 6.28. The molecule has 0 amide bonds. The molecule has 1 heterocycles. The van der Waals surface area contributed by atoms with Crippen LogP contribution in [0, 0.1) is 5.92 Å². The van der Waals surface area contributed by atoms with Crippen LogP contribution in [0.1, 0.15) is 32.7 Å². The van der Waals surface area contributed by atoms with Gasteiger partial charge in [-0.1, -0.05) is 0 Å². The first kappa shape index (κ1) is 11.9. The average Bonchev–Trinajstić information content (AvgIpc) is 3.05. The van der Waals surface area contributed by atoms with E-state index in [0.29, 0.717) is 18.3 Å². The van der Waals surface area contributed by atoms with E-state index >= 15 is 0 Å². The molecule has 0 spiro atoms. The van der Waals surface area contributed by atoms with Crippen LogP contribution in [0.15, 0.2) is 15.7 Å². The van der Waals surface area contributed by atoms with Gasteiger partial charge in [0.15, 0.2) is 0 Å². The molecule has 0 aromatic carbocycles. The summed E-state index contributed by atoms with van der Waals surface area (Å²) in [6, 6.07) is 1.23. The van der Waals surface area contributed by atoms with Gasteiger partial charge in [-0.25, -0.2) is 10.6 Å². The molecular formula is C11H18N4O2. The SMILES string of the molecule is CC(C)n1c(=O)cc(NN)n(CC2CC2)c1=O. The minimum atomic E-state index is -0.315. The number of anilines is 1. The molecule has 3 N–H and O–H groups in total. The molecule has 0 radical (unpaired) electrons. The summed E-state index contributed by atoms with van der Waals surface area (Å²) in [6.07, 6.45) is 2.27. The number of hydrazine groups is 1. The van der Waals surface area contributed by atoms with Crippen LogP contribution >= 0.6 is 0 Å². The van der Waals surface area contributed by atoms with Crippen LogP contribution in [-0.2, 0) is 6.54 Å². The van der Waals surface area contributed by atoms with Gasteiger partial charge >= 0.3 is 5.69 Å². The Morgan fingerprint density at radius 2 is 2.12 bits per heavy atom. The number of nitrogen functional groups attached to an aromatic ring is 1. The molecule has 6 nitrogen and oxygen atoms in total. The Morgan fingerprint density at radius 3 is 2.59 bits per heavy atom. The molecule has 0 aliphatic heterocycles. The van der Waals surface area contributed by atoms with Crippen LogP contribution in [-0.4, -0.2) is 9.13 Å². The molecule has 1 aromatic rings. The van der Waals surface area contributed by atoms with Crippen LogP contribution in [0.5, 0.6) is 0 Å². The molecule has 1 saturated carbocycles. The molecule has 94 valence electrons. The molecule has 2 rings (SSSR count). The molecule has 0 unspecified atom stereocenters. The molecule has 0 bridgehead atoms. The predicted molar refractivity (Wildman–Crippen MR) is 65.9 cm³/mol. The first-order chi connectivity index (χ1) is 8.04. The van der Waals surface area contributed by atoms with Crippen LogP contribution in [0.2, 0.25) is 0 Å². The van der Waals surface area contributed by atoms with E-state index < -0.39 is 0 Å². The molecule has 17 heavy (non-hydrogen) atoms. The van der Waals surface area contributed by atoms with Crippen molar-refractivity contribution in [2.75, 3.05) is 5.43 Å². The second kappa shape index (κ2) is 4.37. The van der Waals surface area contributed by atoms with E-state index in [2.05, 4.69) is 5.43 Å². The molecule has 6 heteroatoms. The van der Waals surface area contributed by atoms with Gasteiger partial charge in [0.1, 0.15) is 5.82 Å². The Kier molecular flexibility index (Phi) is 3.06. The summed E-state index contributed by atoms with van der Waals surface area (Å²) >= 11 is 0. The third-order valence-corrected chi connectivity index (χ3v) is 3.03. The first-order valence-electron chi connectivity index (χ1n) is 5.87. The summed E-state index contributed by atoms with van der Waals surface area (Å²) in [4.78, 5) is 24.0. The topological polar surface area (TPSA) is 82.0 Å². The second-order valence-electron chi connectivity index (χ2n) is 4.81. The predicted octanol–water partition coefficient (Wildman–Crippen LogP) is 0.286. The van der Waals surface area contributed by atoms with Crippen molar-refractivity contribution in [3.63, 3.8) is 0 Å². The fourth-order valence-corrected chi connectivity index (χ4v) is 1.92. The van der Waals surface area contributed by atoms with Gasteiger partial charge in [-0.15, -0.1) is 0 Å². The average molecular weight is 238 g/mol. The number of rotatable bonds is 4. The Bertz CT molecular complexity index is 525. The Labute approximate surface area is 99.0 Å². The van der Waals surface area contributed by atoms with E-state index in [0.717, 1.165) is 12.8 Å². The minimum Gasteiger partial charge on any atom is -0.310 e. The molecule has 1 aliphatic rings. The summed E-state index contributed by atoms with van der Waals surface area (Å²) < 4.78 is 2.81. The van der Waals surface area contributed by atoms with Crippen molar-refractivity contribution < 1.29 is 0 Å². The Morgan fingerprint density at radius 1 is 1.47 bits per heavy atom. The fraction of sp³-hybridized carbons (Fsp3) is 0.636. The summed E-state index contributed by atoms with van der Waals surface area (Å²) in [5.41, 5.74) is 1.83. The monoisotopic (exact) mass is 238 g/mol. The van der Waals surface area contributed by atoms with Crippen molar-refractivity contribution >= 4 is 5.82 Å². The zero-order valence-corrected chi connectivity index (χ0v) is 10.1. The van der Waals surface area contributed by atoms with Gasteiger partial charge in [0.25, 0.3) is 5.56 Å². The Balaban J connectivity index is 2.57. The fourth-order valence-electron chi connectivity index (χ4n) is 1.92. The van der Waals surface area contributed by atoms with Crippen molar-refractivity contribution in [3.8, 4) is 0 Å². The smallest absolute Gasteiger partial charge is 0.310 e. The standard InChI is InChI=1S/C11H18N4O2/c1-7(2)15-10(16)5-9(13-12)14(11(15)17)6-8-3-4-8/h5,7-8,13H,3-4,6,12H2,1-2H3. The van der Waals surface area contributed by atoms with Crippen molar-refractivity contribution in [2.45, 2.75) is 39.3 Å². The summed E-state index contributed by atoms with van der Waals surface area (Å²) in [7, 11) is 0. The van der Waals surface area contributed by atoms with Gasteiger partial charge in [0.05, 0.1) is 0 Å². The van der Waals surface area contributed by atoms with Gasteiger partial charge in [-0.2, -0.15) is 0 Å². The maximum absolute atomic E-state index is 12.2. The highest BCUT2D eigenvalue weighted by Gasteiger charge is 2.24. The normalized spacial score (nSPS) is 15.3. The third kappa shape index (κ3) is 2.26. The minimum absolute atomic E-state index is 0.146. The van der Waals surface area contributed by atoms with Gasteiger partial charge in [-0.3, -0.25) is 13.9 Å². The van der Waals surface area contributed by atoms with Crippen molar-refractivity contribution in [1.29, 1.82) is 0 Å². The number of hydrogen-bond donors (Lipinski definition) is 2. The molecular weight excluding hydrogens is 220 g/mol. The summed E-state index contributed by atoms with van der Waals surface area (Å²) in [6.45, 7) is 4.27. The number of nitrogens with one attached hydrogen (secondary N) is 1. The van der Waals surface area contributed by atoms with Crippen LogP contribution < -0.4 is 22.5 Å². The van der Waals surface area contributed by atoms with Crippen LogP contribution in [0.25, 0.3) is 0 Å². The highest BCUT2D eigenvalue weighted by Crippen LogP contribution is 2.30. The van der Waals surface area contributed by atoms with Gasteiger partial charge < -0.3 is 5.43 Å². The van der Waals surface area contributed by atoms with E-state index in [9.17, 15) is 9.59 Å². The number of aromatic nitrogens is 2. The molecule has 0 saturated heterocycles. The summed E-state index contributed by atoms with van der Waals surface area (Å²) in [5, 5.41) is 0. The number of hydrogen-bond acceptors (Lipinski definition) is 4.